The van der Waals surface area contributed by atoms with E-state index in [-0.39, 0.29) is 11.7 Å². The fraction of sp³-hybridized carbons (Fsp3) is 0.444. The van der Waals surface area contributed by atoms with Crippen molar-refractivity contribution in [1.82, 2.24) is 15.2 Å². The number of rotatable bonds is 9. The van der Waals surface area contributed by atoms with Crippen LogP contribution in [-0.4, -0.2) is 42.0 Å². The van der Waals surface area contributed by atoms with Crippen LogP contribution in [0.25, 0.3) is 11.3 Å². The molecule has 24 heavy (non-hydrogen) atoms. The van der Waals surface area contributed by atoms with Gasteiger partial charge in [0.15, 0.2) is 11.7 Å². The highest BCUT2D eigenvalue weighted by molar-refractivity contribution is 5.76. The largest absolute Gasteiger partial charge is 0.441 e. The maximum Gasteiger partial charge on any atom is 0.220 e. The Balaban J connectivity index is 1.79. The van der Waals surface area contributed by atoms with Crippen LogP contribution < -0.4 is 5.32 Å². The van der Waals surface area contributed by atoms with Gasteiger partial charge >= 0.3 is 0 Å². The van der Waals surface area contributed by atoms with E-state index in [1.54, 1.807) is 18.2 Å². The van der Waals surface area contributed by atoms with Crippen molar-refractivity contribution >= 4 is 5.91 Å². The Morgan fingerprint density at radius 1 is 1.29 bits per heavy atom. The van der Waals surface area contributed by atoms with Gasteiger partial charge in [0.1, 0.15) is 5.82 Å². The van der Waals surface area contributed by atoms with Crippen LogP contribution in [0.5, 0.6) is 0 Å². The molecule has 6 heteroatoms. The zero-order chi connectivity index (χ0) is 17.4. The number of oxazole rings is 1. The molecule has 5 nitrogen and oxygen atoms in total. The van der Waals surface area contributed by atoms with E-state index in [4.69, 9.17) is 4.42 Å². The summed E-state index contributed by atoms with van der Waals surface area (Å²) in [5, 5.41) is 2.89. The lowest BCUT2D eigenvalue weighted by molar-refractivity contribution is -0.121. The fourth-order valence-corrected chi connectivity index (χ4v) is 2.41. The third-order valence-electron chi connectivity index (χ3n) is 3.90. The number of likely N-dealkylation sites (N-methyl/N-ethyl adjacent to an activating group) is 1. The zero-order valence-corrected chi connectivity index (χ0v) is 14.2. The second-order valence-corrected chi connectivity index (χ2v) is 5.47. The molecule has 1 N–H and O–H groups in total. The van der Waals surface area contributed by atoms with Gasteiger partial charge in [-0.15, -0.1) is 0 Å². The predicted molar refractivity (Wildman–Crippen MR) is 91.0 cm³/mol. The first-order valence-corrected chi connectivity index (χ1v) is 8.32. The lowest BCUT2D eigenvalue weighted by Crippen LogP contribution is -2.34. The third kappa shape index (κ3) is 5.16. The molecule has 0 unspecified atom stereocenters. The van der Waals surface area contributed by atoms with Crippen molar-refractivity contribution < 1.29 is 13.6 Å². The summed E-state index contributed by atoms with van der Waals surface area (Å²) in [4.78, 5) is 18.2. The SMILES string of the molecule is CCN(CC)CCNC(=O)CCc1ncc(-c2ccccc2F)o1. The average Bonchev–Trinajstić information content (AvgIpc) is 3.06. The first-order chi connectivity index (χ1) is 11.6. The number of aryl methyl sites for hydroxylation is 1. The second-order valence-electron chi connectivity index (χ2n) is 5.47. The number of carbonyl (C=O) groups excluding carboxylic acids is 1. The van der Waals surface area contributed by atoms with Crippen molar-refractivity contribution in [2.24, 2.45) is 0 Å². The third-order valence-corrected chi connectivity index (χ3v) is 3.90. The number of halogens is 1. The lowest BCUT2D eigenvalue weighted by Gasteiger charge is -2.17. The summed E-state index contributed by atoms with van der Waals surface area (Å²) in [7, 11) is 0. The van der Waals surface area contributed by atoms with Gasteiger partial charge in [0.25, 0.3) is 0 Å². The van der Waals surface area contributed by atoms with Crippen LogP contribution in [0.2, 0.25) is 0 Å². The Bertz CT molecular complexity index is 653. The van der Waals surface area contributed by atoms with E-state index in [2.05, 4.69) is 29.0 Å². The Hall–Kier alpha value is -2.21. The fourth-order valence-electron chi connectivity index (χ4n) is 2.41. The standard InChI is InChI=1S/C18H24FN3O2/c1-3-22(4-2)12-11-20-17(23)9-10-18-21-13-16(24-18)14-7-5-6-8-15(14)19/h5-8,13H,3-4,9-12H2,1-2H3,(H,20,23). The maximum atomic E-state index is 13.7. The summed E-state index contributed by atoms with van der Waals surface area (Å²) in [5.74, 6) is 0.430. The summed E-state index contributed by atoms with van der Waals surface area (Å²) < 4.78 is 19.2. The van der Waals surface area contributed by atoms with Crippen LogP contribution in [0.15, 0.2) is 34.9 Å². The van der Waals surface area contributed by atoms with E-state index in [9.17, 15) is 9.18 Å². The first-order valence-electron chi connectivity index (χ1n) is 8.32. The molecule has 0 fully saturated rings. The van der Waals surface area contributed by atoms with Crippen LogP contribution in [0.3, 0.4) is 0 Å². The summed E-state index contributed by atoms with van der Waals surface area (Å²) in [6, 6.07) is 6.38. The molecule has 2 rings (SSSR count). The molecule has 1 amide bonds. The zero-order valence-electron chi connectivity index (χ0n) is 14.2. The van der Waals surface area contributed by atoms with Crippen molar-refractivity contribution in [2.75, 3.05) is 26.2 Å². The number of hydrogen-bond acceptors (Lipinski definition) is 4. The van der Waals surface area contributed by atoms with Crippen LogP contribution in [0, 0.1) is 5.82 Å². The highest BCUT2D eigenvalue weighted by Crippen LogP contribution is 2.23. The molecule has 0 aliphatic heterocycles. The van der Waals surface area contributed by atoms with Crippen molar-refractivity contribution in [3.05, 3.63) is 42.2 Å². The van der Waals surface area contributed by atoms with Gasteiger partial charge in [-0.2, -0.15) is 0 Å². The van der Waals surface area contributed by atoms with Crippen molar-refractivity contribution in [1.29, 1.82) is 0 Å². The molecule has 1 aromatic carbocycles. The van der Waals surface area contributed by atoms with Gasteiger partial charge in [-0.3, -0.25) is 4.79 Å². The van der Waals surface area contributed by atoms with Gasteiger partial charge in [0, 0.05) is 25.9 Å². The van der Waals surface area contributed by atoms with Crippen LogP contribution in [0.1, 0.15) is 26.2 Å². The summed E-state index contributed by atoms with van der Waals surface area (Å²) in [6.07, 6.45) is 2.19. The Kier molecular flexibility index (Phi) is 6.93. The highest BCUT2D eigenvalue weighted by atomic mass is 19.1. The number of carbonyl (C=O) groups is 1. The van der Waals surface area contributed by atoms with Gasteiger partial charge < -0.3 is 14.6 Å². The van der Waals surface area contributed by atoms with Crippen molar-refractivity contribution in [3.8, 4) is 11.3 Å². The maximum absolute atomic E-state index is 13.7. The molecule has 0 atom stereocenters. The van der Waals surface area contributed by atoms with E-state index in [0.29, 0.717) is 36.6 Å². The van der Waals surface area contributed by atoms with E-state index in [0.717, 1.165) is 19.6 Å². The van der Waals surface area contributed by atoms with Crippen LogP contribution in [0.4, 0.5) is 4.39 Å². The summed E-state index contributed by atoms with van der Waals surface area (Å²) in [5.41, 5.74) is 0.375. The van der Waals surface area contributed by atoms with Crippen molar-refractivity contribution in [2.45, 2.75) is 26.7 Å². The number of amides is 1. The first kappa shape index (κ1) is 18.1. The molecule has 0 saturated heterocycles. The van der Waals surface area contributed by atoms with E-state index >= 15 is 0 Å². The molecule has 2 aromatic rings. The number of hydrogen-bond donors (Lipinski definition) is 1. The second kappa shape index (κ2) is 9.17. The Labute approximate surface area is 141 Å². The number of aromatic nitrogens is 1. The minimum atomic E-state index is -0.352. The molecule has 0 saturated carbocycles. The summed E-state index contributed by atoms with van der Waals surface area (Å²) in [6.45, 7) is 7.62. The number of nitrogens with zero attached hydrogens (tertiary/aromatic N) is 2. The highest BCUT2D eigenvalue weighted by Gasteiger charge is 2.11. The normalized spacial score (nSPS) is 11.0. The van der Waals surface area contributed by atoms with Crippen LogP contribution in [-0.2, 0) is 11.2 Å². The number of nitrogens with one attached hydrogen (secondary N) is 1. The molecule has 0 bridgehead atoms. The molecule has 0 spiro atoms. The summed E-state index contributed by atoms with van der Waals surface area (Å²) >= 11 is 0. The predicted octanol–water partition coefficient (Wildman–Crippen LogP) is 2.87. The topological polar surface area (TPSA) is 58.4 Å². The quantitative estimate of drug-likeness (QED) is 0.766. The molecule has 1 heterocycles. The van der Waals surface area contributed by atoms with E-state index < -0.39 is 0 Å². The Morgan fingerprint density at radius 3 is 2.75 bits per heavy atom. The average molecular weight is 333 g/mol. The van der Waals surface area contributed by atoms with Crippen LogP contribution >= 0.6 is 0 Å². The van der Waals surface area contributed by atoms with Gasteiger partial charge in [-0.25, -0.2) is 9.37 Å². The molecular formula is C18H24FN3O2. The van der Waals surface area contributed by atoms with Gasteiger partial charge in [-0.05, 0) is 25.2 Å². The van der Waals surface area contributed by atoms with Gasteiger partial charge in [-0.1, -0.05) is 26.0 Å². The van der Waals surface area contributed by atoms with E-state index in [1.807, 2.05) is 0 Å². The van der Waals surface area contributed by atoms with Gasteiger partial charge in [0.2, 0.25) is 5.91 Å². The molecule has 130 valence electrons. The lowest BCUT2D eigenvalue weighted by atomic mass is 10.2. The molecule has 0 aliphatic rings. The molecule has 1 aromatic heterocycles. The molecule has 0 radical (unpaired) electrons. The molecule has 0 aliphatic carbocycles. The smallest absolute Gasteiger partial charge is 0.220 e. The van der Waals surface area contributed by atoms with Crippen molar-refractivity contribution in [3.63, 3.8) is 0 Å². The number of benzene rings is 1. The monoisotopic (exact) mass is 333 g/mol. The minimum Gasteiger partial charge on any atom is -0.441 e. The van der Waals surface area contributed by atoms with E-state index in [1.165, 1.54) is 12.3 Å². The van der Waals surface area contributed by atoms with Gasteiger partial charge in [0.05, 0.1) is 11.8 Å². The Morgan fingerprint density at radius 2 is 2.04 bits per heavy atom. The minimum absolute atomic E-state index is 0.0344. The molecular weight excluding hydrogens is 309 g/mol.